The van der Waals surface area contributed by atoms with Crippen LogP contribution in [0.25, 0.3) is 0 Å². The standard InChI is InChI=1S/C14H22N2/c1-15-11-12-6-5-7-13(10-12)14-8-3-2-4-9-16-14/h5-7,10,14-16H,2-4,8-9,11H2,1H3. The van der Waals surface area contributed by atoms with Crippen LogP contribution in [0.2, 0.25) is 0 Å². The number of hydrogen-bond donors (Lipinski definition) is 2. The Labute approximate surface area is 98.4 Å². The zero-order chi connectivity index (χ0) is 11.2. The van der Waals surface area contributed by atoms with Gasteiger partial charge >= 0.3 is 0 Å². The van der Waals surface area contributed by atoms with Crippen molar-refractivity contribution in [2.45, 2.75) is 38.3 Å². The second-order valence-corrected chi connectivity index (χ2v) is 4.63. The molecular weight excluding hydrogens is 196 g/mol. The Balaban J connectivity index is 2.08. The first-order valence-corrected chi connectivity index (χ1v) is 6.37. The predicted octanol–water partition coefficient (Wildman–Crippen LogP) is 2.61. The average Bonchev–Trinajstić information content (AvgIpc) is 2.58. The van der Waals surface area contributed by atoms with Gasteiger partial charge in [-0.15, -0.1) is 0 Å². The first-order valence-electron chi connectivity index (χ1n) is 6.37. The molecule has 1 heterocycles. The van der Waals surface area contributed by atoms with Gasteiger partial charge in [0.15, 0.2) is 0 Å². The van der Waals surface area contributed by atoms with E-state index in [0.717, 1.165) is 6.54 Å². The first-order chi connectivity index (χ1) is 7.90. The minimum absolute atomic E-state index is 0.569. The topological polar surface area (TPSA) is 24.1 Å². The van der Waals surface area contributed by atoms with Gasteiger partial charge in [-0.2, -0.15) is 0 Å². The molecule has 16 heavy (non-hydrogen) atoms. The number of nitrogens with one attached hydrogen (secondary N) is 2. The largest absolute Gasteiger partial charge is 0.316 e. The van der Waals surface area contributed by atoms with E-state index in [4.69, 9.17) is 0 Å². The van der Waals surface area contributed by atoms with E-state index in [-0.39, 0.29) is 0 Å². The molecule has 0 amide bonds. The molecule has 1 aromatic rings. The third-order valence-electron chi connectivity index (χ3n) is 3.29. The van der Waals surface area contributed by atoms with E-state index < -0.39 is 0 Å². The quantitative estimate of drug-likeness (QED) is 0.815. The van der Waals surface area contributed by atoms with Crippen molar-refractivity contribution in [3.05, 3.63) is 35.4 Å². The van der Waals surface area contributed by atoms with Gasteiger partial charge in [0.25, 0.3) is 0 Å². The van der Waals surface area contributed by atoms with Crippen LogP contribution < -0.4 is 10.6 Å². The summed E-state index contributed by atoms with van der Waals surface area (Å²) in [6.45, 7) is 2.13. The van der Waals surface area contributed by atoms with Gasteiger partial charge in [0.1, 0.15) is 0 Å². The van der Waals surface area contributed by atoms with Gasteiger partial charge in [0.05, 0.1) is 0 Å². The molecule has 0 bridgehead atoms. The van der Waals surface area contributed by atoms with Gasteiger partial charge in [0.2, 0.25) is 0 Å². The third-order valence-corrected chi connectivity index (χ3v) is 3.29. The molecule has 1 saturated heterocycles. The van der Waals surface area contributed by atoms with Gasteiger partial charge < -0.3 is 10.6 Å². The van der Waals surface area contributed by atoms with Crippen molar-refractivity contribution in [1.29, 1.82) is 0 Å². The molecule has 0 radical (unpaired) electrons. The van der Waals surface area contributed by atoms with Crippen LogP contribution in [0.15, 0.2) is 24.3 Å². The second kappa shape index (κ2) is 6.02. The minimum Gasteiger partial charge on any atom is -0.316 e. The fourth-order valence-corrected chi connectivity index (χ4v) is 2.44. The van der Waals surface area contributed by atoms with Crippen molar-refractivity contribution in [3.63, 3.8) is 0 Å². The summed E-state index contributed by atoms with van der Waals surface area (Å²) in [5.41, 5.74) is 2.83. The maximum absolute atomic E-state index is 3.65. The fraction of sp³-hybridized carbons (Fsp3) is 0.571. The van der Waals surface area contributed by atoms with Crippen molar-refractivity contribution < 1.29 is 0 Å². The van der Waals surface area contributed by atoms with E-state index in [1.165, 1.54) is 43.4 Å². The Bertz CT molecular complexity index is 314. The first kappa shape index (κ1) is 11.6. The normalized spacial score (nSPS) is 21.7. The summed E-state index contributed by atoms with van der Waals surface area (Å²) >= 11 is 0. The van der Waals surface area contributed by atoms with Crippen molar-refractivity contribution in [2.24, 2.45) is 0 Å². The zero-order valence-corrected chi connectivity index (χ0v) is 10.1. The van der Waals surface area contributed by atoms with Gasteiger partial charge in [-0.25, -0.2) is 0 Å². The predicted molar refractivity (Wildman–Crippen MR) is 68.4 cm³/mol. The lowest BCUT2D eigenvalue weighted by Gasteiger charge is -2.17. The lowest BCUT2D eigenvalue weighted by Crippen LogP contribution is -2.20. The van der Waals surface area contributed by atoms with Crippen LogP contribution in [0.5, 0.6) is 0 Å². The van der Waals surface area contributed by atoms with Crippen LogP contribution in [0.3, 0.4) is 0 Å². The summed E-state index contributed by atoms with van der Waals surface area (Å²) in [7, 11) is 2.00. The second-order valence-electron chi connectivity index (χ2n) is 4.63. The summed E-state index contributed by atoms with van der Waals surface area (Å²) < 4.78 is 0. The SMILES string of the molecule is CNCc1cccc(C2CCCCCN2)c1. The molecule has 1 atom stereocenters. The van der Waals surface area contributed by atoms with Gasteiger partial charge in [0, 0.05) is 12.6 Å². The van der Waals surface area contributed by atoms with Crippen molar-refractivity contribution in [1.82, 2.24) is 10.6 Å². The van der Waals surface area contributed by atoms with Crippen molar-refractivity contribution in [2.75, 3.05) is 13.6 Å². The number of benzene rings is 1. The Morgan fingerprint density at radius 3 is 3.12 bits per heavy atom. The summed E-state index contributed by atoms with van der Waals surface area (Å²) in [5.74, 6) is 0. The molecule has 1 aromatic carbocycles. The van der Waals surface area contributed by atoms with Crippen LogP contribution in [0.4, 0.5) is 0 Å². The molecule has 1 aliphatic rings. The molecule has 0 saturated carbocycles. The molecule has 0 aliphatic carbocycles. The number of hydrogen-bond acceptors (Lipinski definition) is 2. The summed E-state index contributed by atoms with van der Waals surface area (Å²) in [6, 6.07) is 9.52. The number of rotatable bonds is 3. The van der Waals surface area contributed by atoms with Crippen LogP contribution in [0.1, 0.15) is 42.9 Å². The Hall–Kier alpha value is -0.860. The third kappa shape index (κ3) is 3.06. The lowest BCUT2D eigenvalue weighted by molar-refractivity contribution is 0.534. The molecule has 2 nitrogen and oxygen atoms in total. The van der Waals surface area contributed by atoms with Gasteiger partial charge in [-0.3, -0.25) is 0 Å². The van der Waals surface area contributed by atoms with Gasteiger partial charge in [-0.1, -0.05) is 37.1 Å². The highest BCUT2D eigenvalue weighted by Crippen LogP contribution is 2.23. The highest BCUT2D eigenvalue weighted by Gasteiger charge is 2.13. The summed E-state index contributed by atoms with van der Waals surface area (Å²) in [5, 5.41) is 6.85. The Morgan fingerprint density at radius 2 is 2.25 bits per heavy atom. The van der Waals surface area contributed by atoms with Crippen molar-refractivity contribution in [3.8, 4) is 0 Å². The van der Waals surface area contributed by atoms with E-state index in [0.29, 0.717) is 6.04 Å². The molecular formula is C14H22N2. The van der Waals surface area contributed by atoms with Gasteiger partial charge in [-0.05, 0) is 37.6 Å². The molecule has 1 unspecified atom stereocenters. The highest BCUT2D eigenvalue weighted by molar-refractivity contribution is 5.26. The zero-order valence-electron chi connectivity index (χ0n) is 10.1. The maximum atomic E-state index is 3.65. The minimum atomic E-state index is 0.569. The molecule has 1 aliphatic heterocycles. The molecule has 0 spiro atoms. The maximum Gasteiger partial charge on any atom is 0.0320 e. The molecule has 88 valence electrons. The average molecular weight is 218 g/mol. The van der Waals surface area contributed by atoms with E-state index in [1.807, 2.05) is 7.05 Å². The van der Waals surface area contributed by atoms with E-state index in [9.17, 15) is 0 Å². The van der Waals surface area contributed by atoms with Crippen LogP contribution in [-0.4, -0.2) is 13.6 Å². The molecule has 2 rings (SSSR count). The van der Waals surface area contributed by atoms with E-state index >= 15 is 0 Å². The van der Waals surface area contributed by atoms with Crippen LogP contribution in [-0.2, 0) is 6.54 Å². The van der Waals surface area contributed by atoms with E-state index in [1.54, 1.807) is 0 Å². The van der Waals surface area contributed by atoms with Crippen molar-refractivity contribution >= 4 is 0 Å². The summed E-state index contributed by atoms with van der Waals surface area (Å²) in [6.07, 6.45) is 5.34. The molecule has 2 N–H and O–H groups in total. The van der Waals surface area contributed by atoms with Crippen LogP contribution >= 0.6 is 0 Å². The fourth-order valence-electron chi connectivity index (χ4n) is 2.44. The molecule has 0 aromatic heterocycles. The highest BCUT2D eigenvalue weighted by atomic mass is 14.9. The lowest BCUT2D eigenvalue weighted by atomic mass is 10.00. The summed E-state index contributed by atoms with van der Waals surface area (Å²) in [4.78, 5) is 0. The molecule has 2 heteroatoms. The Kier molecular flexibility index (Phi) is 4.37. The van der Waals surface area contributed by atoms with Crippen LogP contribution in [0, 0.1) is 0 Å². The smallest absolute Gasteiger partial charge is 0.0320 e. The van der Waals surface area contributed by atoms with E-state index in [2.05, 4.69) is 34.9 Å². The monoisotopic (exact) mass is 218 g/mol. The Morgan fingerprint density at radius 1 is 1.31 bits per heavy atom. The molecule has 1 fully saturated rings.